The number of nitrogens with zero attached hydrogens (tertiary/aromatic N) is 1. The van der Waals surface area contributed by atoms with Gasteiger partial charge in [0.1, 0.15) is 35.1 Å². The number of benzene rings is 2. The smallest absolute Gasteiger partial charge is 0.262 e. The number of nitrogens with one attached hydrogen (secondary N) is 1. The van der Waals surface area contributed by atoms with Crippen molar-refractivity contribution in [1.29, 1.82) is 0 Å². The molecule has 0 spiro atoms. The number of phenolic OH excluding ortho intramolecular Hbond substituents is 1. The summed E-state index contributed by atoms with van der Waals surface area (Å²) in [5.74, 6) is 1.55. The molecule has 1 aromatic heterocycles. The summed E-state index contributed by atoms with van der Waals surface area (Å²) in [4.78, 5) is 20.0. The minimum Gasteiger partial charge on any atom is -0.507 e. The third kappa shape index (κ3) is 3.21. The number of aryl methyl sites for hydroxylation is 2. The van der Waals surface area contributed by atoms with Gasteiger partial charge in [0.05, 0.1) is 12.6 Å². The van der Waals surface area contributed by atoms with Crippen molar-refractivity contribution in [3.05, 3.63) is 45.7 Å². The van der Waals surface area contributed by atoms with Crippen LogP contribution in [0, 0.1) is 13.8 Å². The molecule has 0 saturated carbocycles. The van der Waals surface area contributed by atoms with Gasteiger partial charge in [-0.1, -0.05) is 0 Å². The van der Waals surface area contributed by atoms with E-state index in [2.05, 4.69) is 9.97 Å². The Morgan fingerprint density at radius 1 is 1.19 bits per heavy atom. The summed E-state index contributed by atoms with van der Waals surface area (Å²) in [5.41, 5.74) is 7.75. The fourth-order valence-electron chi connectivity index (χ4n) is 2.86. The SMILES string of the molecule is COc1cc(OCCN)cc2nc(-c3cc(C)c(O)c(C)c3)[nH]c(=O)c12. The van der Waals surface area contributed by atoms with Gasteiger partial charge < -0.3 is 25.3 Å². The maximum Gasteiger partial charge on any atom is 0.262 e. The van der Waals surface area contributed by atoms with E-state index >= 15 is 0 Å². The van der Waals surface area contributed by atoms with Gasteiger partial charge in [-0.2, -0.15) is 0 Å². The number of ether oxygens (including phenoxy) is 2. The van der Waals surface area contributed by atoms with Crippen LogP contribution in [0.3, 0.4) is 0 Å². The Hall–Kier alpha value is -3.06. The van der Waals surface area contributed by atoms with Gasteiger partial charge in [-0.05, 0) is 37.1 Å². The van der Waals surface area contributed by atoms with E-state index in [0.717, 1.165) is 0 Å². The van der Waals surface area contributed by atoms with Crippen LogP contribution in [0.4, 0.5) is 0 Å². The Labute approximate surface area is 150 Å². The minimum atomic E-state index is -0.310. The molecule has 1 heterocycles. The molecule has 2 aromatic carbocycles. The van der Waals surface area contributed by atoms with Crippen LogP contribution in [-0.2, 0) is 0 Å². The number of phenols is 1. The molecule has 7 nitrogen and oxygen atoms in total. The number of fused-ring (bicyclic) bond motifs is 1. The summed E-state index contributed by atoms with van der Waals surface area (Å²) in [6.45, 7) is 4.32. The molecule has 0 saturated heterocycles. The normalized spacial score (nSPS) is 10.9. The highest BCUT2D eigenvalue weighted by Crippen LogP contribution is 2.31. The molecule has 0 aliphatic heterocycles. The van der Waals surface area contributed by atoms with Crippen molar-refractivity contribution in [1.82, 2.24) is 9.97 Å². The summed E-state index contributed by atoms with van der Waals surface area (Å²) in [6.07, 6.45) is 0. The fraction of sp³-hybridized carbons (Fsp3) is 0.263. The van der Waals surface area contributed by atoms with Crippen molar-refractivity contribution in [2.75, 3.05) is 20.3 Å². The van der Waals surface area contributed by atoms with Gasteiger partial charge in [0.25, 0.3) is 5.56 Å². The Kier molecular flexibility index (Phi) is 4.81. The minimum absolute atomic E-state index is 0.232. The third-order valence-electron chi connectivity index (χ3n) is 4.12. The maximum atomic E-state index is 12.6. The summed E-state index contributed by atoms with van der Waals surface area (Å²) in [5, 5.41) is 10.3. The predicted molar refractivity (Wildman–Crippen MR) is 100 cm³/mol. The molecule has 7 heteroatoms. The van der Waals surface area contributed by atoms with Crippen LogP contribution in [0.2, 0.25) is 0 Å². The molecule has 0 bridgehead atoms. The summed E-state index contributed by atoms with van der Waals surface area (Å²) in [6, 6.07) is 6.88. The monoisotopic (exact) mass is 355 g/mol. The second kappa shape index (κ2) is 7.05. The number of hydrogen-bond acceptors (Lipinski definition) is 6. The Bertz CT molecular complexity index is 1000. The van der Waals surface area contributed by atoms with Gasteiger partial charge in [-0.3, -0.25) is 4.79 Å². The molecule has 3 aromatic rings. The Morgan fingerprint density at radius 2 is 1.88 bits per heavy atom. The number of aromatic nitrogens is 2. The lowest BCUT2D eigenvalue weighted by Crippen LogP contribution is -2.13. The molecule has 0 radical (unpaired) electrons. The quantitative estimate of drug-likeness (QED) is 0.647. The first-order valence-electron chi connectivity index (χ1n) is 8.20. The molecule has 0 atom stereocenters. The molecule has 4 N–H and O–H groups in total. The van der Waals surface area contributed by atoms with Gasteiger partial charge in [0.15, 0.2) is 0 Å². The van der Waals surface area contributed by atoms with Crippen molar-refractivity contribution in [2.24, 2.45) is 5.73 Å². The number of aromatic amines is 1. The highest BCUT2D eigenvalue weighted by atomic mass is 16.5. The standard InChI is InChI=1S/C19H21N3O4/c1-10-6-12(7-11(2)17(10)23)18-21-14-8-13(26-5-4-20)9-15(25-3)16(14)19(24)22-18/h6-9,23H,4-5,20H2,1-3H3,(H,21,22,24). The molecule has 0 aliphatic rings. The predicted octanol–water partition coefficient (Wildman–Crippen LogP) is 2.26. The second-order valence-corrected chi connectivity index (χ2v) is 6.03. The van der Waals surface area contributed by atoms with E-state index in [9.17, 15) is 9.90 Å². The topological polar surface area (TPSA) is 110 Å². The number of H-pyrrole nitrogens is 1. The highest BCUT2D eigenvalue weighted by Gasteiger charge is 2.14. The number of hydrogen-bond donors (Lipinski definition) is 3. The van der Waals surface area contributed by atoms with E-state index in [-0.39, 0.29) is 11.3 Å². The lowest BCUT2D eigenvalue weighted by atomic mass is 10.0. The van der Waals surface area contributed by atoms with Crippen LogP contribution in [0.15, 0.2) is 29.1 Å². The number of methoxy groups -OCH3 is 1. The van der Waals surface area contributed by atoms with Crippen LogP contribution in [0.1, 0.15) is 11.1 Å². The van der Waals surface area contributed by atoms with Crippen molar-refractivity contribution >= 4 is 10.9 Å². The zero-order valence-corrected chi connectivity index (χ0v) is 14.9. The molecule has 0 amide bonds. The molecule has 0 aliphatic carbocycles. The van der Waals surface area contributed by atoms with Gasteiger partial charge in [-0.15, -0.1) is 0 Å². The van der Waals surface area contributed by atoms with Crippen LogP contribution < -0.4 is 20.8 Å². The fourth-order valence-corrected chi connectivity index (χ4v) is 2.86. The van der Waals surface area contributed by atoms with Crippen LogP contribution in [0.25, 0.3) is 22.3 Å². The molecule has 136 valence electrons. The van der Waals surface area contributed by atoms with Crippen molar-refractivity contribution in [3.63, 3.8) is 0 Å². The molecule has 26 heavy (non-hydrogen) atoms. The average Bonchev–Trinajstić information content (AvgIpc) is 2.62. The average molecular weight is 355 g/mol. The van der Waals surface area contributed by atoms with Gasteiger partial charge in [-0.25, -0.2) is 4.98 Å². The lowest BCUT2D eigenvalue weighted by Gasteiger charge is -2.11. The summed E-state index contributed by atoms with van der Waals surface area (Å²) >= 11 is 0. The van der Waals surface area contributed by atoms with Gasteiger partial charge in [0, 0.05) is 24.2 Å². The van der Waals surface area contributed by atoms with Crippen molar-refractivity contribution in [2.45, 2.75) is 13.8 Å². The van der Waals surface area contributed by atoms with Crippen molar-refractivity contribution < 1.29 is 14.6 Å². The molecule has 0 fully saturated rings. The van der Waals surface area contributed by atoms with E-state index in [4.69, 9.17) is 15.2 Å². The zero-order chi connectivity index (χ0) is 18.8. The lowest BCUT2D eigenvalue weighted by molar-refractivity contribution is 0.326. The molecular weight excluding hydrogens is 334 g/mol. The maximum absolute atomic E-state index is 12.6. The van der Waals surface area contributed by atoms with E-state index in [1.165, 1.54) is 7.11 Å². The van der Waals surface area contributed by atoms with E-state index in [1.807, 2.05) is 0 Å². The van der Waals surface area contributed by atoms with Crippen LogP contribution in [-0.4, -0.2) is 35.3 Å². The number of aromatic hydroxyl groups is 1. The zero-order valence-electron chi connectivity index (χ0n) is 14.9. The highest BCUT2D eigenvalue weighted by molar-refractivity contribution is 5.87. The first-order chi connectivity index (χ1) is 12.4. The van der Waals surface area contributed by atoms with Gasteiger partial charge >= 0.3 is 0 Å². The Morgan fingerprint density at radius 3 is 2.50 bits per heavy atom. The number of rotatable bonds is 5. The van der Waals surface area contributed by atoms with E-state index in [0.29, 0.717) is 58.1 Å². The van der Waals surface area contributed by atoms with Crippen LogP contribution >= 0.6 is 0 Å². The number of nitrogens with two attached hydrogens (primary N) is 1. The van der Waals surface area contributed by atoms with E-state index in [1.54, 1.807) is 38.1 Å². The third-order valence-corrected chi connectivity index (χ3v) is 4.12. The second-order valence-electron chi connectivity index (χ2n) is 6.03. The first-order valence-corrected chi connectivity index (χ1v) is 8.20. The molecular formula is C19H21N3O4. The van der Waals surface area contributed by atoms with E-state index < -0.39 is 0 Å². The largest absolute Gasteiger partial charge is 0.507 e. The summed E-state index contributed by atoms with van der Waals surface area (Å²) < 4.78 is 10.9. The van der Waals surface area contributed by atoms with Gasteiger partial charge in [0.2, 0.25) is 0 Å². The Balaban J connectivity index is 2.21. The van der Waals surface area contributed by atoms with Crippen LogP contribution in [0.5, 0.6) is 17.2 Å². The molecule has 0 unspecified atom stereocenters. The molecule has 3 rings (SSSR count). The summed E-state index contributed by atoms with van der Waals surface area (Å²) in [7, 11) is 1.49. The first kappa shape index (κ1) is 17.8. The van der Waals surface area contributed by atoms with Crippen molar-refractivity contribution in [3.8, 4) is 28.6 Å².